The van der Waals surface area contributed by atoms with Crippen LogP contribution in [0.15, 0.2) is 4.90 Å². The van der Waals surface area contributed by atoms with Crippen molar-refractivity contribution >= 4 is 10.0 Å². The second-order valence-electron chi connectivity index (χ2n) is 4.82. The first-order chi connectivity index (χ1) is 8.92. The van der Waals surface area contributed by atoms with E-state index in [1.807, 2.05) is 6.92 Å². The van der Waals surface area contributed by atoms with Gasteiger partial charge in [0.05, 0.1) is 11.4 Å². The molecule has 19 heavy (non-hydrogen) atoms. The number of H-pyrrole nitrogens is 1. The molecule has 0 saturated heterocycles. The maximum Gasteiger partial charge on any atom is 0.244 e. The Balaban J connectivity index is 2.90. The van der Waals surface area contributed by atoms with Crippen molar-refractivity contribution in [3.8, 4) is 0 Å². The van der Waals surface area contributed by atoms with E-state index in [4.69, 9.17) is 0 Å². The fraction of sp³-hybridized carbons (Fsp3) is 0.750. The van der Waals surface area contributed by atoms with Gasteiger partial charge in [-0.05, 0) is 27.3 Å². The molecular weight excluding hydrogens is 264 g/mol. The lowest BCUT2D eigenvalue weighted by molar-refractivity contribution is 0.533. The summed E-state index contributed by atoms with van der Waals surface area (Å²) in [5, 5.41) is 9.69. The highest BCUT2D eigenvalue weighted by molar-refractivity contribution is 7.89. The van der Waals surface area contributed by atoms with Crippen LogP contribution in [0.2, 0.25) is 0 Å². The lowest BCUT2D eigenvalue weighted by atomic mass is 10.2. The van der Waals surface area contributed by atoms with Crippen molar-refractivity contribution < 1.29 is 8.42 Å². The van der Waals surface area contributed by atoms with E-state index in [0.29, 0.717) is 17.9 Å². The van der Waals surface area contributed by atoms with Crippen LogP contribution in [0.25, 0.3) is 0 Å². The minimum absolute atomic E-state index is 0.0679. The summed E-state index contributed by atoms with van der Waals surface area (Å²) in [6.07, 6.45) is 2.91. The van der Waals surface area contributed by atoms with Crippen LogP contribution < -0.4 is 10.0 Å². The van der Waals surface area contributed by atoms with Crippen LogP contribution in [0.4, 0.5) is 0 Å². The van der Waals surface area contributed by atoms with E-state index in [2.05, 4.69) is 27.2 Å². The summed E-state index contributed by atoms with van der Waals surface area (Å²) < 4.78 is 27.5. The van der Waals surface area contributed by atoms with Crippen LogP contribution in [0, 0.1) is 6.92 Å². The second kappa shape index (κ2) is 7.02. The maximum absolute atomic E-state index is 12.4. The highest BCUT2D eigenvalue weighted by Gasteiger charge is 2.25. The van der Waals surface area contributed by atoms with Gasteiger partial charge in [0, 0.05) is 12.6 Å². The van der Waals surface area contributed by atoms with Gasteiger partial charge >= 0.3 is 0 Å². The van der Waals surface area contributed by atoms with Gasteiger partial charge in [-0.2, -0.15) is 5.10 Å². The van der Waals surface area contributed by atoms with Crippen molar-refractivity contribution in [2.45, 2.75) is 57.5 Å². The molecule has 1 heterocycles. The predicted molar refractivity (Wildman–Crippen MR) is 75.4 cm³/mol. The fourth-order valence-corrected chi connectivity index (χ4v) is 3.65. The molecule has 1 unspecified atom stereocenters. The third-order valence-electron chi connectivity index (χ3n) is 2.92. The summed E-state index contributed by atoms with van der Waals surface area (Å²) in [6, 6.07) is -0.0679. The Hall–Kier alpha value is -0.920. The number of unbranched alkanes of at least 4 members (excludes halogenated alkanes) is 1. The summed E-state index contributed by atoms with van der Waals surface area (Å²) in [5.41, 5.74) is 1.09. The Kier molecular flexibility index (Phi) is 5.96. The molecule has 1 aromatic heterocycles. The Labute approximate surface area is 115 Å². The number of aryl methyl sites for hydroxylation is 1. The van der Waals surface area contributed by atoms with Gasteiger partial charge in [0.2, 0.25) is 10.0 Å². The number of hydrogen-bond acceptors (Lipinski definition) is 4. The van der Waals surface area contributed by atoms with E-state index in [0.717, 1.165) is 19.3 Å². The SMILES string of the molecule is CCCCC(C)NS(=O)(=O)c1c(CNC)n[nH]c1C. The molecule has 7 heteroatoms. The average Bonchev–Trinajstić information content (AvgIpc) is 2.68. The molecule has 6 nitrogen and oxygen atoms in total. The Morgan fingerprint density at radius 3 is 2.68 bits per heavy atom. The third-order valence-corrected chi connectivity index (χ3v) is 4.71. The van der Waals surface area contributed by atoms with Crippen molar-refractivity contribution in [1.82, 2.24) is 20.2 Å². The van der Waals surface area contributed by atoms with Gasteiger partial charge in [-0.1, -0.05) is 19.8 Å². The highest BCUT2D eigenvalue weighted by Crippen LogP contribution is 2.18. The first-order valence-corrected chi connectivity index (χ1v) is 8.11. The summed E-state index contributed by atoms with van der Waals surface area (Å²) in [4.78, 5) is 0.269. The van der Waals surface area contributed by atoms with Gasteiger partial charge in [-0.3, -0.25) is 5.10 Å². The molecular formula is C12H24N4O2S. The topological polar surface area (TPSA) is 86.9 Å². The van der Waals surface area contributed by atoms with E-state index < -0.39 is 10.0 Å². The van der Waals surface area contributed by atoms with Crippen LogP contribution in [-0.2, 0) is 16.6 Å². The molecule has 0 aliphatic rings. The van der Waals surface area contributed by atoms with E-state index in [9.17, 15) is 8.42 Å². The van der Waals surface area contributed by atoms with E-state index in [1.54, 1.807) is 14.0 Å². The molecule has 0 amide bonds. The number of nitrogens with one attached hydrogen (secondary N) is 3. The molecule has 0 saturated carbocycles. The number of hydrogen-bond donors (Lipinski definition) is 3. The van der Waals surface area contributed by atoms with Crippen LogP contribution in [0.5, 0.6) is 0 Å². The summed E-state index contributed by atoms with van der Waals surface area (Å²) in [6.45, 7) is 6.12. The van der Waals surface area contributed by atoms with E-state index in [-0.39, 0.29) is 10.9 Å². The number of aromatic amines is 1. The third kappa shape index (κ3) is 4.29. The molecule has 1 rings (SSSR count). The molecule has 0 spiro atoms. The zero-order chi connectivity index (χ0) is 14.5. The van der Waals surface area contributed by atoms with Crippen LogP contribution in [0.3, 0.4) is 0 Å². The van der Waals surface area contributed by atoms with Gasteiger partial charge in [0.25, 0.3) is 0 Å². The van der Waals surface area contributed by atoms with Crippen molar-refractivity contribution in [1.29, 1.82) is 0 Å². The molecule has 0 fully saturated rings. The van der Waals surface area contributed by atoms with Gasteiger partial charge in [0.1, 0.15) is 4.90 Å². The van der Waals surface area contributed by atoms with Crippen molar-refractivity contribution in [3.05, 3.63) is 11.4 Å². The zero-order valence-electron chi connectivity index (χ0n) is 12.1. The normalized spacial score (nSPS) is 13.7. The molecule has 0 aliphatic carbocycles. The van der Waals surface area contributed by atoms with Crippen molar-refractivity contribution in [3.63, 3.8) is 0 Å². The Morgan fingerprint density at radius 1 is 1.42 bits per heavy atom. The minimum Gasteiger partial charge on any atom is -0.314 e. The largest absolute Gasteiger partial charge is 0.314 e. The van der Waals surface area contributed by atoms with Gasteiger partial charge < -0.3 is 5.32 Å². The zero-order valence-corrected chi connectivity index (χ0v) is 12.9. The highest BCUT2D eigenvalue weighted by atomic mass is 32.2. The summed E-state index contributed by atoms with van der Waals surface area (Å²) in [7, 11) is -1.75. The van der Waals surface area contributed by atoms with Crippen LogP contribution >= 0.6 is 0 Å². The minimum atomic E-state index is -3.51. The van der Waals surface area contributed by atoms with Crippen LogP contribution in [0.1, 0.15) is 44.5 Å². The number of rotatable bonds is 8. The second-order valence-corrected chi connectivity index (χ2v) is 6.47. The van der Waals surface area contributed by atoms with Crippen LogP contribution in [-0.4, -0.2) is 31.7 Å². The lowest BCUT2D eigenvalue weighted by Crippen LogP contribution is -2.33. The molecule has 0 aromatic carbocycles. The Bertz CT molecular complexity index is 496. The standard InChI is InChI=1S/C12H24N4O2S/c1-5-6-7-9(2)16-19(17,18)12-10(3)14-15-11(12)8-13-4/h9,13,16H,5-8H2,1-4H3,(H,14,15). The molecule has 3 N–H and O–H groups in total. The number of sulfonamides is 1. The molecule has 1 atom stereocenters. The first kappa shape index (κ1) is 16.1. The lowest BCUT2D eigenvalue weighted by Gasteiger charge is -2.14. The number of nitrogens with zero attached hydrogens (tertiary/aromatic N) is 1. The van der Waals surface area contributed by atoms with Crippen molar-refractivity contribution in [2.75, 3.05) is 7.05 Å². The number of aromatic nitrogens is 2. The quantitative estimate of drug-likeness (QED) is 0.673. The van der Waals surface area contributed by atoms with E-state index >= 15 is 0 Å². The molecule has 0 aliphatic heterocycles. The first-order valence-electron chi connectivity index (χ1n) is 6.63. The monoisotopic (exact) mass is 288 g/mol. The molecule has 0 radical (unpaired) electrons. The van der Waals surface area contributed by atoms with Crippen molar-refractivity contribution in [2.24, 2.45) is 0 Å². The smallest absolute Gasteiger partial charge is 0.244 e. The van der Waals surface area contributed by atoms with Gasteiger partial charge in [-0.15, -0.1) is 0 Å². The molecule has 0 bridgehead atoms. The summed E-state index contributed by atoms with van der Waals surface area (Å²) in [5.74, 6) is 0. The Morgan fingerprint density at radius 2 is 2.11 bits per heavy atom. The maximum atomic E-state index is 12.4. The van der Waals surface area contributed by atoms with E-state index in [1.165, 1.54) is 0 Å². The van der Waals surface area contributed by atoms with Gasteiger partial charge in [-0.25, -0.2) is 13.1 Å². The van der Waals surface area contributed by atoms with Gasteiger partial charge in [0.15, 0.2) is 0 Å². The summed E-state index contributed by atoms with van der Waals surface area (Å²) >= 11 is 0. The molecule has 110 valence electrons. The fourth-order valence-electron chi connectivity index (χ4n) is 2.01. The predicted octanol–water partition coefficient (Wildman–Crippen LogP) is 1.29. The average molecular weight is 288 g/mol. The molecule has 1 aromatic rings.